The number of nitrogens with zero attached hydrogens (tertiary/aromatic N) is 1. The van der Waals surface area contributed by atoms with E-state index < -0.39 is 6.10 Å². The van der Waals surface area contributed by atoms with Crippen LogP contribution in [0.15, 0.2) is 24.3 Å². The van der Waals surface area contributed by atoms with Crippen molar-refractivity contribution in [3.05, 3.63) is 29.8 Å². The molecule has 5 heteroatoms. The summed E-state index contributed by atoms with van der Waals surface area (Å²) < 4.78 is 9.95. The van der Waals surface area contributed by atoms with E-state index in [-0.39, 0.29) is 18.4 Å². The van der Waals surface area contributed by atoms with E-state index in [1.165, 1.54) is 7.11 Å². The Morgan fingerprint density at radius 2 is 1.90 bits per heavy atom. The monoisotopic (exact) mass is 281 g/mol. The van der Waals surface area contributed by atoms with Gasteiger partial charge in [0, 0.05) is 19.2 Å². The Balaban J connectivity index is 2.64. The Bertz CT molecular complexity index is 418. The van der Waals surface area contributed by atoms with Crippen LogP contribution < -0.4 is 4.74 Å². The summed E-state index contributed by atoms with van der Waals surface area (Å²) in [7, 11) is 4.94. The minimum atomic E-state index is -0.601. The van der Waals surface area contributed by atoms with Gasteiger partial charge in [-0.1, -0.05) is 0 Å². The number of hydrogen-bond donors (Lipinski definition) is 1. The second kappa shape index (κ2) is 7.99. The third-order valence-corrected chi connectivity index (χ3v) is 3.27. The van der Waals surface area contributed by atoms with Crippen LogP contribution in [0.25, 0.3) is 0 Å². The molecule has 0 saturated carbocycles. The van der Waals surface area contributed by atoms with Gasteiger partial charge < -0.3 is 14.6 Å². The first-order valence-electron chi connectivity index (χ1n) is 6.55. The highest BCUT2D eigenvalue weighted by atomic mass is 16.5. The average Bonchev–Trinajstić information content (AvgIpc) is 2.46. The number of methoxy groups -OCH3 is 2. The largest absolute Gasteiger partial charge is 0.497 e. The van der Waals surface area contributed by atoms with Crippen molar-refractivity contribution in [2.75, 3.05) is 34.4 Å². The number of hydrogen-bond acceptors (Lipinski definition) is 5. The Morgan fingerprint density at radius 3 is 2.40 bits per heavy atom. The van der Waals surface area contributed by atoms with Crippen LogP contribution in [-0.4, -0.2) is 62.4 Å². The lowest BCUT2D eigenvalue weighted by molar-refractivity contribution is 0.0351. The molecule has 0 heterocycles. The molecule has 0 radical (unpaired) electrons. The molecule has 5 nitrogen and oxygen atoms in total. The summed E-state index contributed by atoms with van der Waals surface area (Å²) in [4.78, 5) is 14.1. The molecule has 0 spiro atoms. The molecular weight excluding hydrogens is 258 g/mol. The van der Waals surface area contributed by atoms with Gasteiger partial charge in [0.1, 0.15) is 5.75 Å². The van der Waals surface area contributed by atoms with E-state index in [1.807, 2.05) is 18.9 Å². The van der Waals surface area contributed by atoms with Crippen molar-refractivity contribution >= 4 is 5.78 Å². The van der Waals surface area contributed by atoms with E-state index in [9.17, 15) is 9.90 Å². The zero-order valence-electron chi connectivity index (χ0n) is 12.5. The quantitative estimate of drug-likeness (QED) is 0.726. The van der Waals surface area contributed by atoms with Gasteiger partial charge in [-0.2, -0.15) is 0 Å². The van der Waals surface area contributed by atoms with E-state index in [0.29, 0.717) is 12.1 Å². The van der Waals surface area contributed by atoms with Crippen molar-refractivity contribution in [3.8, 4) is 5.75 Å². The lowest BCUT2D eigenvalue weighted by Crippen LogP contribution is -2.41. The van der Waals surface area contributed by atoms with Gasteiger partial charge in [-0.25, -0.2) is 0 Å². The first-order valence-corrected chi connectivity index (χ1v) is 6.55. The van der Waals surface area contributed by atoms with Gasteiger partial charge in [0.25, 0.3) is 0 Å². The van der Waals surface area contributed by atoms with Crippen molar-refractivity contribution in [2.24, 2.45) is 0 Å². The third kappa shape index (κ3) is 4.59. The first kappa shape index (κ1) is 16.6. The van der Waals surface area contributed by atoms with E-state index in [2.05, 4.69) is 0 Å². The van der Waals surface area contributed by atoms with Crippen molar-refractivity contribution in [1.82, 2.24) is 4.90 Å². The van der Waals surface area contributed by atoms with Crippen molar-refractivity contribution < 1.29 is 19.4 Å². The highest BCUT2D eigenvalue weighted by molar-refractivity contribution is 5.99. The Labute approximate surface area is 120 Å². The SMILES string of the molecule is COCC(O)CN(C)C(C)C(=O)c1ccc(OC)cc1. The Kier molecular flexibility index (Phi) is 6.64. The number of carbonyl (C=O) groups is 1. The van der Waals surface area contributed by atoms with E-state index in [4.69, 9.17) is 9.47 Å². The number of aliphatic hydroxyl groups is 1. The number of likely N-dealkylation sites (N-methyl/N-ethyl adjacent to an activating group) is 1. The molecule has 0 bridgehead atoms. The molecule has 0 saturated heterocycles. The van der Waals surface area contributed by atoms with Crippen LogP contribution in [-0.2, 0) is 4.74 Å². The van der Waals surface area contributed by atoms with Gasteiger partial charge in [-0.3, -0.25) is 9.69 Å². The molecule has 2 atom stereocenters. The van der Waals surface area contributed by atoms with Gasteiger partial charge in [0.15, 0.2) is 5.78 Å². The van der Waals surface area contributed by atoms with Crippen molar-refractivity contribution in [1.29, 1.82) is 0 Å². The molecule has 0 aliphatic heterocycles. The fraction of sp³-hybridized carbons (Fsp3) is 0.533. The summed E-state index contributed by atoms with van der Waals surface area (Å²) in [6.45, 7) is 2.47. The van der Waals surface area contributed by atoms with Gasteiger partial charge in [0.2, 0.25) is 0 Å². The lowest BCUT2D eigenvalue weighted by Gasteiger charge is -2.25. The maximum absolute atomic E-state index is 12.3. The molecule has 1 aromatic rings. The summed E-state index contributed by atoms with van der Waals surface area (Å²) in [5.41, 5.74) is 0.631. The highest BCUT2D eigenvalue weighted by Crippen LogP contribution is 2.14. The van der Waals surface area contributed by atoms with Crippen LogP contribution in [0.4, 0.5) is 0 Å². The number of rotatable bonds is 8. The van der Waals surface area contributed by atoms with Crippen molar-refractivity contribution in [3.63, 3.8) is 0 Å². The van der Waals surface area contributed by atoms with Crippen LogP contribution >= 0.6 is 0 Å². The van der Waals surface area contributed by atoms with Crippen LogP contribution in [0.5, 0.6) is 5.75 Å². The summed E-state index contributed by atoms with van der Waals surface area (Å²) in [5, 5.41) is 9.69. The predicted molar refractivity (Wildman–Crippen MR) is 77.3 cm³/mol. The zero-order chi connectivity index (χ0) is 15.1. The predicted octanol–water partition coefficient (Wildman–Crippen LogP) is 1.21. The number of carbonyl (C=O) groups excluding carboxylic acids is 1. The minimum Gasteiger partial charge on any atom is -0.497 e. The molecular formula is C15H23NO4. The topological polar surface area (TPSA) is 59.0 Å². The fourth-order valence-electron chi connectivity index (χ4n) is 1.93. The molecule has 0 aromatic heterocycles. The number of ether oxygens (including phenoxy) is 2. The van der Waals surface area contributed by atoms with Gasteiger partial charge in [0.05, 0.1) is 25.9 Å². The summed E-state index contributed by atoms with van der Waals surface area (Å²) in [5.74, 6) is 0.734. The summed E-state index contributed by atoms with van der Waals surface area (Å²) in [6, 6.07) is 6.71. The van der Waals surface area contributed by atoms with Crippen LogP contribution in [0.1, 0.15) is 17.3 Å². The lowest BCUT2D eigenvalue weighted by atomic mass is 10.0. The Morgan fingerprint density at radius 1 is 1.30 bits per heavy atom. The van der Waals surface area contributed by atoms with Crippen LogP contribution in [0.3, 0.4) is 0 Å². The molecule has 1 rings (SSSR count). The Hall–Kier alpha value is -1.43. The smallest absolute Gasteiger partial charge is 0.179 e. The summed E-state index contributed by atoms with van der Waals surface area (Å²) >= 11 is 0. The molecule has 0 amide bonds. The van der Waals surface area contributed by atoms with Gasteiger partial charge >= 0.3 is 0 Å². The molecule has 1 aromatic carbocycles. The standard InChI is InChI=1S/C15H23NO4/c1-11(16(2)9-13(17)10-19-3)15(18)12-5-7-14(20-4)8-6-12/h5-8,11,13,17H,9-10H2,1-4H3. The highest BCUT2D eigenvalue weighted by Gasteiger charge is 2.21. The van der Waals surface area contributed by atoms with Crippen LogP contribution in [0.2, 0.25) is 0 Å². The second-order valence-electron chi connectivity index (χ2n) is 4.82. The zero-order valence-corrected chi connectivity index (χ0v) is 12.5. The number of aliphatic hydroxyl groups excluding tert-OH is 1. The minimum absolute atomic E-state index is 0.0137. The van der Waals surface area contributed by atoms with E-state index in [0.717, 1.165) is 5.75 Å². The maximum Gasteiger partial charge on any atom is 0.179 e. The fourth-order valence-corrected chi connectivity index (χ4v) is 1.93. The first-order chi connectivity index (χ1) is 9.49. The molecule has 20 heavy (non-hydrogen) atoms. The van der Waals surface area contributed by atoms with Crippen LogP contribution in [0, 0.1) is 0 Å². The molecule has 0 fully saturated rings. The summed E-state index contributed by atoms with van der Waals surface area (Å²) in [6.07, 6.45) is -0.601. The number of Topliss-reactive ketones (excluding diaryl/α,β-unsaturated/α-hetero) is 1. The average molecular weight is 281 g/mol. The van der Waals surface area contributed by atoms with E-state index >= 15 is 0 Å². The van der Waals surface area contributed by atoms with Gasteiger partial charge in [-0.05, 0) is 38.2 Å². The van der Waals surface area contributed by atoms with Gasteiger partial charge in [-0.15, -0.1) is 0 Å². The maximum atomic E-state index is 12.3. The number of benzene rings is 1. The van der Waals surface area contributed by atoms with E-state index in [1.54, 1.807) is 31.4 Å². The molecule has 1 N–H and O–H groups in total. The van der Waals surface area contributed by atoms with Crippen molar-refractivity contribution in [2.45, 2.75) is 19.1 Å². The molecule has 0 aliphatic carbocycles. The normalized spacial score (nSPS) is 14.1. The molecule has 0 aliphatic rings. The molecule has 2 unspecified atom stereocenters. The number of ketones is 1. The third-order valence-electron chi connectivity index (χ3n) is 3.27. The molecule has 112 valence electrons. The second-order valence-corrected chi connectivity index (χ2v) is 4.82.